The van der Waals surface area contributed by atoms with Gasteiger partial charge >= 0.3 is 6.09 Å². The molecule has 5 rings (SSSR count). The molecule has 2 aromatic rings. The fourth-order valence-corrected chi connectivity index (χ4v) is 6.28. The van der Waals surface area contributed by atoms with E-state index in [1.165, 1.54) is 12.8 Å². The SMILES string of the molecule is COc1cccc(C23CCN(CC4CC4)CC2(O)CCC(N(C)C(=O)OCc2ccccc2)C3)c1. The van der Waals surface area contributed by atoms with E-state index in [0.29, 0.717) is 19.4 Å². The van der Waals surface area contributed by atoms with E-state index in [4.69, 9.17) is 9.47 Å². The molecule has 0 spiro atoms. The van der Waals surface area contributed by atoms with Crippen molar-refractivity contribution < 1.29 is 19.4 Å². The smallest absolute Gasteiger partial charge is 0.410 e. The van der Waals surface area contributed by atoms with Crippen LogP contribution in [0.3, 0.4) is 0 Å². The Morgan fingerprint density at radius 2 is 1.91 bits per heavy atom. The van der Waals surface area contributed by atoms with Gasteiger partial charge < -0.3 is 24.4 Å². The summed E-state index contributed by atoms with van der Waals surface area (Å²) in [7, 11) is 3.52. The Bertz CT molecular complexity index is 1030. The van der Waals surface area contributed by atoms with E-state index in [1.54, 1.807) is 12.0 Å². The van der Waals surface area contributed by atoms with Crippen LogP contribution < -0.4 is 4.74 Å². The first-order valence-corrected chi connectivity index (χ1v) is 13.0. The summed E-state index contributed by atoms with van der Waals surface area (Å²) in [5, 5.41) is 12.2. The van der Waals surface area contributed by atoms with Crippen LogP contribution in [0.5, 0.6) is 5.75 Å². The molecule has 0 aromatic heterocycles. The second kappa shape index (κ2) is 9.82. The van der Waals surface area contributed by atoms with E-state index in [2.05, 4.69) is 17.0 Å². The van der Waals surface area contributed by atoms with Crippen molar-refractivity contribution in [1.82, 2.24) is 9.80 Å². The predicted octanol–water partition coefficient (Wildman–Crippen LogP) is 4.60. The van der Waals surface area contributed by atoms with Gasteiger partial charge in [0.25, 0.3) is 0 Å². The Kier molecular flexibility index (Phi) is 6.78. The van der Waals surface area contributed by atoms with E-state index >= 15 is 0 Å². The van der Waals surface area contributed by atoms with Crippen LogP contribution in [0.4, 0.5) is 4.79 Å². The number of rotatable bonds is 7. The largest absolute Gasteiger partial charge is 0.497 e. The molecule has 6 heteroatoms. The molecular weight excluding hydrogens is 440 g/mol. The predicted molar refractivity (Wildman–Crippen MR) is 135 cm³/mol. The zero-order valence-electron chi connectivity index (χ0n) is 21.0. The zero-order chi connectivity index (χ0) is 24.5. The van der Waals surface area contributed by atoms with Crippen LogP contribution in [0.1, 0.15) is 49.7 Å². The third kappa shape index (κ3) is 4.91. The van der Waals surface area contributed by atoms with Gasteiger partial charge in [0.1, 0.15) is 12.4 Å². The van der Waals surface area contributed by atoms with Gasteiger partial charge in [-0.1, -0.05) is 42.5 Å². The minimum atomic E-state index is -0.836. The van der Waals surface area contributed by atoms with E-state index in [1.807, 2.05) is 49.5 Å². The lowest BCUT2D eigenvalue weighted by Crippen LogP contribution is -2.67. The van der Waals surface area contributed by atoms with Crippen LogP contribution in [0.2, 0.25) is 0 Å². The first-order chi connectivity index (χ1) is 16.9. The molecule has 2 saturated carbocycles. The van der Waals surface area contributed by atoms with Crippen LogP contribution in [-0.4, -0.2) is 66.4 Å². The van der Waals surface area contributed by atoms with Crippen molar-refractivity contribution in [2.75, 3.05) is 33.8 Å². The summed E-state index contributed by atoms with van der Waals surface area (Å²) in [6.45, 7) is 3.00. The number of piperidine rings is 1. The molecule has 3 aliphatic rings. The highest BCUT2D eigenvalue weighted by atomic mass is 16.6. The highest BCUT2D eigenvalue weighted by Crippen LogP contribution is 2.53. The molecule has 35 heavy (non-hydrogen) atoms. The Hall–Kier alpha value is -2.57. The molecule has 1 N–H and O–H groups in total. The number of fused-ring (bicyclic) bond motifs is 1. The van der Waals surface area contributed by atoms with Crippen LogP contribution >= 0.6 is 0 Å². The number of carbonyl (C=O) groups excluding carboxylic acids is 1. The molecule has 3 atom stereocenters. The van der Waals surface area contributed by atoms with Gasteiger partial charge in [-0.3, -0.25) is 0 Å². The number of benzene rings is 2. The van der Waals surface area contributed by atoms with Crippen LogP contribution in [0.25, 0.3) is 0 Å². The number of β-amino-alcohol motifs (C(OH)–C–C–N with tert-alkyl or cyclic N) is 1. The first-order valence-electron chi connectivity index (χ1n) is 13.0. The molecule has 2 aliphatic carbocycles. The molecule has 6 nitrogen and oxygen atoms in total. The number of methoxy groups -OCH3 is 1. The maximum absolute atomic E-state index is 13.0. The number of carbonyl (C=O) groups is 1. The molecule has 1 amide bonds. The van der Waals surface area contributed by atoms with Gasteiger partial charge in [-0.2, -0.15) is 0 Å². The van der Waals surface area contributed by atoms with Gasteiger partial charge in [0, 0.05) is 31.6 Å². The zero-order valence-corrected chi connectivity index (χ0v) is 21.0. The van der Waals surface area contributed by atoms with Gasteiger partial charge in [-0.15, -0.1) is 0 Å². The van der Waals surface area contributed by atoms with Crippen molar-refractivity contribution in [2.45, 2.75) is 62.2 Å². The number of amides is 1. The van der Waals surface area contributed by atoms with E-state index < -0.39 is 11.0 Å². The normalized spacial score (nSPS) is 28.7. The number of ether oxygens (including phenoxy) is 2. The average molecular weight is 479 g/mol. The molecule has 3 unspecified atom stereocenters. The van der Waals surface area contributed by atoms with Crippen molar-refractivity contribution >= 4 is 6.09 Å². The lowest BCUT2D eigenvalue weighted by molar-refractivity contribution is -0.133. The van der Waals surface area contributed by atoms with Crippen molar-refractivity contribution in [1.29, 1.82) is 0 Å². The number of nitrogens with zero attached hydrogens (tertiary/aromatic N) is 2. The first kappa shape index (κ1) is 24.1. The molecule has 3 fully saturated rings. The molecular formula is C29H38N2O4. The van der Waals surface area contributed by atoms with E-state index in [0.717, 1.165) is 48.7 Å². The number of likely N-dealkylation sites (tertiary alicyclic amines) is 1. The topological polar surface area (TPSA) is 62.2 Å². The Morgan fingerprint density at radius 3 is 2.66 bits per heavy atom. The van der Waals surface area contributed by atoms with Crippen molar-refractivity contribution in [2.24, 2.45) is 5.92 Å². The molecule has 0 radical (unpaired) electrons. The summed E-state index contributed by atoms with van der Waals surface area (Å²) in [5.74, 6) is 1.60. The minimum absolute atomic E-state index is 0.000249. The third-order valence-corrected chi connectivity index (χ3v) is 8.58. The Labute approximate surface area is 208 Å². The summed E-state index contributed by atoms with van der Waals surface area (Å²) >= 11 is 0. The van der Waals surface area contributed by atoms with E-state index in [9.17, 15) is 9.90 Å². The number of hydrogen-bond acceptors (Lipinski definition) is 5. The van der Waals surface area contributed by atoms with Gasteiger partial charge in [0.05, 0.1) is 12.7 Å². The fourth-order valence-electron chi connectivity index (χ4n) is 6.28. The van der Waals surface area contributed by atoms with Crippen molar-refractivity contribution in [3.8, 4) is 5.75 Å². The van der Waals surface area contributed by atoms with Crippen molar-refractivity contribution in [3.63, 3.8) is 0 Å². The second-order valence-corrected chi connectivity index (χ2v) is 10.8. The van der Waals surface area contributed by atoms with Crippen LogP contribution in [-0.2, 0) is 16.8 Å². The molecule has 188 valence electrons. The van der Waals surface area contributed by atoms with Crippen molar-refractivity contribution in [3.05, 3.63) is 65.7 Å². The highest BCUT2D eigenvalue weighted by molar-refractivity contribution is 5.67. The number of aliphatic hydroxyl groups is 1. The molecule has 0 bridgehead atoms. The van der Waals surface area contributed by atoms with Gasteiger partial charge in [-0.05, 0) is 74.2 Å². The molecule has 1 aliphatic heterocycles. The summed E-state index contributed by atoms with van der Waals surface area (Å²) < 4.78 is 11.2. The van der Waals surface area contributed by atoms with Gasteiger partial charge in [0.15, 0.2) is 0 Å². The van der Waals surface area contributed by atoms with Crippen LogP contribution in [0.15, 0.2) is 54.6 Å². The Balaban J connectivity index is 1.37. The summed E-state index contributed by atoms with van der Waals surface area (Å²) in [6, 6.07) is 17.9. The van der Waals surface area contributed by atoms with Gasteiger partial charge in [-0.25, -0.2) is 4.79 Å². The number of hydrogen-bond donors (Lipinski definition) is 1. The molecule has 1 saturated heterocycles. The maximum atomic E-state index is 13.0. The average Bonchev–Trinajstić information content (AvgIpc) is 3.71. The van der Waals surface area contributed by atoms with Crippen LogP contribution in [0, 0.1) is 5.92 Å². The summed E-state index contributed by atoms with van der Waals surface area (Å²) in [4.78, 5) is 17.2. The third-order valence-electron chi connectivity index (χ3n) is 8.58. The quantitative estimate of drug-likeness (QED) is 0.630. The highest BCUT2D eigenvalue weighted by Gasteiger charge is 2.58. The van der Waals surface area contributed by atoms with E-state index in [-0.39, 0.29) is 18.7 Å². The summed E-state index contributed by atoms with van der Waals surface area (Å²) in [6.07, 6.45) is 5.32. The second-order valence-electron chi connectivity index (χ2n) is 10.8. The Morgan fingerprint density at radius 1 is 1.11 bits per heavy atom. The monoisotopic (exact) mass is 478 g/mol. The maximum Gasteiger partial charge on any atom is 0.410 e. The molecule has 1 heterocycles. The lowest BCUT2D eigenvalue weighted by Gasteiger charge is -2.59. The lowest BCUT2D eigenvalue weighted by atomic mass is 9.55. The fraction of sp³-hybridized carbons (Fsp3) is 0.552. The summed E-state index contributed by atoms with van der Waals surface area (Å²) in [5.41, 5.74) is 0.820. The minimum Gasteiger partial charge on any atom is -0.497 e. The molecule has 2 aromatic carbocycles. The van der Waals surface area contributed by atoms with Gasteiger partial charge in [0.2, 0.25) is 0 Å². The standard InChI is InChI=1S/C29H38N2O4/c1-30(27(32)35-20-23-7-4-3-5-8-23)25-13-14-29(33)21-31(19-22-11-12-22)16-15-28(29,18-25)24-9-6-10-26(17-24)34-2/h3-10,17,22,25,33H,11-16,18-21H2,1-2H3.